The molecule has 0 aliphatic rings. The summed E-state index contributed by atoms with van der Waals surface area (Å²) in [4.78, 5) is 25.2. The zero-order valence-electron chi connectivity index (χ0n) is 13.5. The van der Waals surface area contributed by atoms with Crippen LogP contribution in [-0.4, -0.2) is 36.0 Å². The molecule has 1 unspecified atom stereocenters. The maximum Gasteiger partial charge on any atom is 0.253 e. The van der Waals surface area contributed by atoms with Crippen LogP contribution >= 0.6 is 0 Å². The molecule has 0 aliphatic heterocycles. The lowest BCUT2D eigenvalue weighted by atomic mass is 10.2. The number of rotatable bonds is 5. The Bertz CT molecular complexity index is 834. The lowest BCUT2D eigenvalue weighted by Crippen LogP contribution is -2.36. The molecule has 3 heterocycles. The summed E-state index contributed by atoms with van der Waals surface area (Å²) in [5.41, 5.74) is 2.00. The Labute approximate surface area is 134 Å². The van der Waals surface area contributed by atoms with Gasteiger partial charge in [-0.25, -0.2) is 15.0 Å². The van der Waals surface area contributed by atoms with E-state index in [1.807, 2.05) is 24.7 Å². The number of aromatic nitrogens is 5. The molecule has 3 aromatic heterocycles. The maximum absolute atomic E-state index is 12.4. The molecule has 23 heavy (non-hydrogen) atoms. The highest BCUT2D eigenvalue weighted by atomic mass is 16.1. The summed E-state index contributed by atoms with van der Waals surface area (Å²) in [6.45, 7) is 4.73. The number of imidazole rings is 2. The molecule has 1 atom stereocenters. The molecule has 0 radical (unpaired) electrons. The summed E-state index contributed by atoms with van der Waals surface area (Å²) in [6, 6.07) is 1.75. The van der Waals surface area contributed by atoms with E-state index < -0.39 is 0 Å². The van der Waals surface area contributed by atoms with Gasteiger partial charge in [0.15, 0.2) is 5.65 Å². The molecule has 120 valence electrons. The van der Waals surface area contributed by atoms with Gasteiger partial charge in [-0.2, -0.15) is 0 Å². The highest BCUT2D eigenvalue weighted by Gasteiger charge is 2.13. The molecule has 1 amide bonds. The molecule has 0 spiro atoms. The number of nitrogens with one attached hydrogen (secondary N) is 1. The zero-order valence-corrected chi connectivity index (χ0v) is 13.5. The quantitative estimate of drug-likeness (QED) is 0.775. The van der Waals surface area contributed by atoms with Crippen molar-refractivity contribution in [2.45, 2.75) is 32.9 Å². The number of hydrogen-bond acceptors (Lipinski definition) is 4. The first-order valence-corrected chi connectivity index (χ1v) is 7.66. The van der Waals surface area contributed by atoms with E-state index in [-0.39, 0.29) is 11.9 Å². The normalized spacial score (nSPS) is 12.5. The van der Waals surface area contributed by atoms with Crippen LogP contribution in [-0.2, 0) is 20.0 Å². The van der Waals surface area contributed by atoms with Crippen LogP contribution in [0.15, 0.2) is 31.0 Å². The Kier molecular flexibility index (Phi) is 4.10. The number of amides is 1. The van der Waals surface area contributed by atoms with Crippen molar-refractivity contribution >= 4 is 17.1 Å². The zero-order chi connectivity index (χ0) is 16.4. The Hall–Kier alpha value is -2.70. The smallest absolute Gasteiger partial charge is 0.253 e. The van der Waals surface area contributed by atoms with Crippen molar-refractivity contribution < 1.29 is 4.79 Å². The van der Waals surface area contributed by atoms with Gasteiger partial charge in [-0.05, 0) is 13.0 Å². The van der Waals surface area contributed by atoms with Gasteiger partial charge in [0.05, 0.1) is 11.9 Å². The van der Waals surface area contributed by atoms with E-state index in [1.54, 1.807) is 24.8 Å². The number of hydrogen-bond donors (Lipinski definition) is 1. The summed E-state index contributed by atoms with van der Waals surface area (Å²) in [5.74, 6) is 0.874. The second kappa shape index (κ2) is 6.20. The fourth-order valence-corrected chi connectivity index (χ4v) is 2.61. The lowest BCUT2D eigenvalue weighted by molar-refractivity contribution is 0.0936. The van der Waals surface area contributed by atoms with Gasteiger partial charge in [0, 0.05) is 44.6 Å². The van der Waals surface area contributed by atoms with Gasteiger partial charge in [0.25, 0.3) is 5.91 Å². The predicted molar refractivity (Wildman–Crippen MR) is 87.0 cm³/mol. The number of aryl methyl sites for hydroxylation is 2. The lowest BCUT2D eigenvalue weighted by Gasteiger charge is -2.16. The monoisotopic (exact) mass is 312 g/mol. The molecule has 7 nitrogen and oxygen atoms in total. The third-order valence-electron chi connectivity index (χ3n) is 3.78. The summed E-state index contributed by atoms with van der Waals surface area (Å²) in [7, 11) is 1.88. The minimum atomic E-state index is -0.143. The standard InChI is InChI=1S/C16H20N6O/c1-4-14-17-5-6-22(14)9-11(2)20-16(23)12-7-13-15(18-8-12)21(3)10-19-13/h5-8,10-11H,4,9H2,1-3H3,(H,20,23). The van der Waals surface area contributed by atoms with Crippen LogP contribution in [0.4, 0.5) is 0 Å². The summed E-state index contributed by atoms with van der Waals surface area (Å²) in [5, 5.41) is 3.00. The number of nitrogens with zero attached hydrogens (tertiary/aromatic N) is 5. The number of carbonyl (C=O) groups excluding carboxylic acids is 1. The molecule has 0 fully saturated rings. The first-order chi connectivity index (χ1) is 11.1. The van der Waals surface area contributed by atoms with Crippen molar-refractivity contribution in [1.29, 1.82) is 0 Å². The van der Waals surface area contributed by atoms with Crippen LogP contribution in [0.25, 0.3) is 11.2 Å². The topological polar surface area (TPSA) is 77.6 Å². The fourth-order valence-electron chi connectivity index (χ4n) is 2.61. The van der Waals surface area contributed by atoms with E-state index in [4.69, 9.17) is 0 Å². The number of carbonyl (C=O) groups is 1. The van der Waals surface area contributed by atoms with Crippen molar-refractivity contribution in [3.63, 3.8) is 0 Å². The Balaban J connectivity index is 1.69. The molecule has 7 heteroatoms. The maximum atomic E-state index is 12.4. The highest BCUT2D eigenvalue weighted by molar-refractivity contribution is 5.96. The molecule has 0 saturated carbocycles. The van der Waals surface area contributed by atoms with Gasteiger partial charge in [0.2, 0.25) is 0 Å². The van der Waals surface area contributed by atoms with Crippen LogP contribution in [0.2, 0.25) is 0 Å². The van der Waals surface area contributed by atoms with Gasteiger partial charge in [-0.15, -0.1) is 0 Å². The van der Waals surface area contributed by atoms with Gasteiger partial charge < -0.3 is 14.5 Å². The van der Waals surface area contributed by atoms with Gasteiger partial charge in [-0.3, -0.25) is 4.79 Å². The van der Waals surface area contributed by atoms with E-state index in [2.05, 4.69) is 31.8 Å². The van der Waals surface area contributed by atoms with Crippen LogP contribution in [0.3, 0.4) is 0 Å². The van der Waals surface area contributed by atoms with E-state index in [9.17, 15) is 4.79 Å². The summed E-state index contributed by atoms with van der Waals surface area (Å²) < 4.78 is 3.89. The van der Waals surface area contributed by atoms with Crippen molar-refractivity contribution in [2.24, 2.45) is 7.05 Å². The fraction of sp³-hybridized carbons (Fsp3) is 0.375. The molecule has 0 aliphatic carbocycles. The largest absolute Gasteiger partial charge is 0.348 e. The van der Waals surface area contributed by atoms with E-state index in [0.717, 1.165) is 23.4 Å². The molecule has 0 saturated heterocycles. The molecule has 1 N–H and O–H groups in total. The average Bonchev–Trinajstić information content (AvgIpc) is 3.13. The SMILES string of the molecule is CCc1nccn1CC(C)NC(=O)c1cnc2c(c1)ncn2C. The van der Waals surface area contributed by atoms with Crippen LogP contribution in [0, 0.1) is 0 Å². The van der Waals surface area contributed by atoms with E-state index >= 15 is 0 Å². The van der Waals surface area contributed by atoms with Crippen molar-refractivity contribution in [1.82, 2.24) is 29.4 Å². The first-order valence-electron chi connectivity index (χ1n) is 7.66. The molecule has 3 rings (SSSR count). The van der Waals surface area contributed by atoms with Gasteiger partial charge >= 0.3 is 0 Å². The van der Waals surface area contributed by atoms with Crippen molar-refractivity contribution in [2.75, 3.05) is 0 Å². The minimum absolute atomic E-state index is 0.0126. The highest BCUT2D eigenvalue weighted by Crippen LogP contribution is 2.11. The Morgan fingerprint density at radius 3 is 2.96 bits per heavy atom. The predicted octanol–water partition coefficient (Wildman–Crippen LogP) is 1.55. The average molecular weight is 312 g/mol. The molecule has 3 aromatic rings. The van der Waals surface area contributed by atoms with Crippen LogP contribution in [0.5, 0.6) is 0 Å². The van der Waals surface area contributed by atoms with E-state index in [1.165, 1.54) is 0 Å². The summed E-state index contributed by atoms with van der Waals surface area (Å²) in [6.07, 6.45) is 7.86. The van der Waals surface area contributed by atoms with Crippen LogP contribution < -0.4 is 5.32 Å². The van der Waals surface area contributed by atoms with E-state index in [0.29, 0.717) is 12.1 Å². The summed E-state index contributed by atoms with van der Waals surface area (Å²) >= 11 is 0. The third kappa shape index (κ3) is 3.08. The minimum Gasteiger partial charge on any atom is -0.348 e. The number of fused-ring (bicyclic) bond motifs is 1. The third-order valence-corrected chi connectivity index (χ3v) is 3.78. The Morgan fingerprint density at radius 2 is 2.17 bits per heavy atom. The van der Waals surface area contributed by atoms with Crippen LogP contribution in [0.1, 0.15) is 30.0 Å². The molecule has 0 bridgehead atoms. The van der Waals surface area contributed by atoms with Gasteiger partial charge in [-0.1, -0.05) is 6.92 Å². The second-order valence-corrected chi connectivity index (χ2v) is 5.65. The van der Waals surface area contributed by atoms with Crippen molar-refractivity contribution in [3.05, 3.63) is 42.4 Å². The first kappa shape index (κ1) is 15.2. The van der Waals surface area contributed by atoms with Gasteiger partial charge in [0.1, 0.15) is 11.3 Å². The molecular weight excluding hydrogens is 292 g/mol. The van der Waals surface area contributed by atoms with Crippen molar-refractivity contribution in [3.8, 4) is 0 Å². The second-order valence-electron chi connectivity index (χ2n) is 5.65. The molecule has 0 aromatic carbocycles. The number of pyridine rings is 1. The molecular formula is C16H20N6O. The Morgan fingerprint density at radius 1 is 1.35 bits per heavy atom.